The summed E-state index contributed by atoms with van der Waals surface area (Å²) in [6, 6.07) is 11.7. The summed E-state index contributed by atoms with van der Waals surface area (Å²) in [5, 5.41) is 0. The Hall–Kier alpha value is -0.940. The van der Waals surface area contributed by atoms with E-state index in [4.69, 9.17) is 0 Å². The van der Waals surface area contributed by atoms with Crippen LogP contribution in [-0.4, -0.2) is 0 Å². The molecular formula is C8H8BrN. The van der Waals surface area contributed by atoms with Crippen molar-refractivity contribution in [3.63, 3.8) is 0 Å². The highest BCUT2D eigenvalue weighted by Crippen LogP contribution is 2.05. The van der Waals surface area contributed by atoms with Gasteiger partial charge >= 0.3 is 0 Å². The fraction of sp³-hybridized carbons (Fsp3) is 0. The molecule has 2 heteroatoms. The molecule has 1 aromatic rings. The summed E-state index contributed by atoms with van der Waals surface area (Å²) in [7, 11) is 0. The Morgan fingerprint density at radius 3 is 1.90 bits per heavy atom. The second-order valence-corrected chi connectivity index (χ2v) is 2.38. The molecule has 0 aromatic heterocycles. The maximum absolute atomic E-state index is 4.38. The predicted octanol–water partition coefficient (Wildman–Crippen LogP) is 1.98. The standard InChI is InChI=1S/C6H5Br.C2H3N/c7-6-4-2-1-3-5-6;1-2-3/h1-5H;1H,3H2. The first kappa shape index (κ1) is 9.06. The molecule has 0 atom stereocenters. The van der Waals surface area contributed by atoms with Crippen molar-refractivity contribution in [1.29, 1.82) is 0 Å². The Kier molecular flexibility index (Phi) is 5.60. The lowest BCUT2D eigenvalue weighted by Gasteiger charge is -1.80. The Balaban J connectivity index is 0.000000236. The van der Waals surface area contributed by atoms with Crippen LogP contribution in [0.3, 0.4) is 0 Å². The third kappa shape index (κ3) is 5.20. The van der Waals surface area contributed by atoms with Gasteiger partial charge in [-0.25, -0.2) is 0 Å². The average molecular weight is 198 g/mol. The number of terminal acetylenes is 1. The van der Waals surface area contributed by atoms with Gasteiger partial charge in [-0.2, -0.15) is 0 Å². The summed E-state index contributed by atoms with van der Waals surface area (Å²) in [5.74, 6) is 0. The normalized spacial score (nSPS) is 6.80. The second-order valence-electron chi connectivity index (χ2n) is 1.46. The Labute approximate surface area is 69.4 Å². The maximum Gasteiger partial charge on any atom is 0.0175 e. The highest BCUT2D eigenvalue weighted by Gasteiger charge is 1.74. The molecule has 52 valence electrons. The average Bonchev–Trinajstić information content (AvgIpc) is 1.91. The molecular weight excluding hydrogens is 190 g/mol. The molecule has 0 radical (unpaired) electrons. The molecule has 0 saturated heterocycles. The molecule has 0 aliphatic rings. The third-order valence-electron chi connectivity index (χ3n) is 0.733. The summed E-state index contributed by atoms with van der Waals surface area (Å²) in [6.45, 7) is 0. The van der Waals surface area contributed by atoms with E-state index in [0.717, 1.165) is 4.47 Å². The van der Waals surface area contributed by atoms with E-state index in [9.17, 15) is 0 Å². The van der Waals surface area contributed by atoms with Gasteiger partial charge in [-0.1, -0.05) is 40.6 Å². The summed E-state index contributed by atoms with van der Waals surface area (Å²) in [5.41, 5.74) is 4.38. The maximum atomic E-state index is 4.38. The molecule has 0 heterocycles. The van der Waals surface area contributed by atoms with Crippen molar-refractivity contribution in [2.45, 2.75) is 0 Å². The van der Waals surface area contributed by atoms with Crippen LogP contribution in [0.4, 0.5) is 0 Å². The Morgan fingerprint density at radius 2 is 1.70 bits per heavy atom. The lowest BCUT2D eigenvalue weighted by atomic mass is 10.4. The van der Waals surface area contributed by atoms with Crippen molar-refractivity contribution in [2.75, 3.05) is 0 Å². The topological polar surface area (TPSA) is 26.0 Å². The van der Waals surface area contributed by atoms with Crippen LogP contribution in [0.15, 0.2) is 34.8 Å². The van der Waals surface area contributed by atoms with E-state index >= 15 is 0 Å². The summed E-state index contributed by atoms with van der Waals surface area (Å²) >= 11 is 3.31. The van der Waals surface area contributed by atoms with Crippen LogP contribution in [0, 0.1) is 12.5 Å². The zero-order valence-electron chi connectivity index (χ0n) is 5.42. The predicted molar refractivity (Wildman–Crippen MR) is 47.2 cm³/mol. The quantitative estimate of drug-likeness (QED) is 0.500. The highest BCUT2D eigenvalue weighted by atomic mass is 79.9. The lowest BCUT2D eigenvalue weighted by Crippen LogP contribution is -1.69. The first-order valence-electron chi connectivity index (χ1n) is 2.68. The van der Waals surface area contributed by atoms with Gasteiger partial charge in [0, 0.05) is 4.47 Å². The van der Waals surface area contributed by atoms with E-state index in [0.29, 0.717) is 0 Å². The third-order valence-corrected chi connectivity index (χ3v) is 1.26. The minimum atomic E-state index is 1.13. The summed E-state index contributed by atoms with van der Waals surface area (Å²) in [6.07, 6.45) is 4.38. The van der Waals surface area contributed by atoms with E-state index in [-0.39, 0.29) is 0 Å². The van der Waals surface area contributed by atoms with Crippen LogP contribution in [0.25, 0.3) is 0 Å². The Morgan fingerprint density at radius 1 is 1.30 bits per heavy atom. The Bertz CT molecular complexity index is 200. The van der Waals surface area contributed by atoms with Gasteiger partial charge < -0.3 is 5.73 Å². The first-order chi connectivity index (χ1) is 4.81. The molecule has 1 nitrogen and oxygen atoms in total. The van der Waals surface area contributed by atoms with Gasteiger partial charge in [0.25, 0.3) is 0 Å². The number of halogens is 1. The van der Waals surface area contributed by atoms with Crippen LogP contribution in [0.5, 0.6) is 0 Å². The summed E-state index contributed by atoms with van der Waals surface area (Å²) in [4.78, 5) is 0. The highest BCUT2D eigenvalue weighted by molar-refractivity contribution is 9.10. The summed E-state index contributed by atoms with van der Waals surface area (Å²) < 4.78 is 1.13. The molecule has 2 N–H and O–H groups in total. The second kappa shape index (κ2) is 6.18. The van der Waals surface area contributed by atoms with Crippen LogP contribution in [0.2, 0.25) is 0 Å². The lowest BCUT2D eigenvalue weighted by molar-refractivity contribution is 1.66. The first-order valence-corrected chi connectivity index (χ1v) is 3.47. The zero-order chi connectivity index (χ0) is 7.82. The van der Waals surface area contributed by atoms with Gasteiger partial charge in [0.05, 0.1) is 0 Å². The monoisotopic (exact) mass is 197 g/mol. The van der Waals surface area contributed by atoms with Crippen molar-refractivity contribution >= 4 is 15.9 Å². The smallest absolute Gasteiger partial charge is 0.0175 e. The molecule has 10 heavy (non-hydrogen) atoms. The van der Waals surface area contributed by atoms with Gasteiger partial charge in [-0.15, -0.1) is 0 Å². The molecule has 0 aliphatic heterocycles. The van der Waals surface area contributed by atoms with E-state index < -0.39 is 0 Å². The molecule has 0 amide bonds. The fourth-order valence-corrected chi connectivity index (χ4v) is 0.720. The number of hydrogen-bond donors (Lipinski definition) is 1. The van der Waals surface area contributed by atoms with Crippen LogP contribution in [0.1, 0.15) is 0 Å². The van der Waals surface area contributed by atoms with E-state index in [1.165, 1.54) is 0 Å². The van der Waals surface area contributed by atoms with E-state index in [2.05, 4.69) is 28.1 Å². The number of hydrogen-bond acceptors (Lipinski definition) is 1. The zero-order valence-corrected chi connectivity index (χ0v) is 7.01. The minimum absolute atomic E-state index is 1.13. The number of benzene rings is 1. The van der Waals surface area contributed by atoms with Crippen LogP contribution >= 0.6 is 15.9 Å². The number of rotatable bonds is 0. The van der Waals surface area contributed by atoms with Crippen molar-refractivity contribution in [3.8, 4) is 12.5 Å². The van der Waals surface area contributed by atoms with Gasteiger partial charge in [-0.3, -0.25) is 0 Å². The molecule has 0 unspecified atom stereocenters. The molecule has 0 bridgehead atoms. The fourth-order valence-electron chi connectivity index (χ4n) is 0.415. The van der Waals surface area contributed by atoms with Gasteiger partial charge in [0.1, 0.15) is 0 Å². The molecule has 0 spiro atoms. The van der Waals surface area contributed by atoms with Crippen LogP contribution < -0.4 is 5.73 Å². The minimum Gasteiger partial charge on any atom is -0.360 e. The van der Waals surface area contributed by atoms with Crippen molar-refractivity contribution in [1.82, 2.24) is 0 Å². The SMILES string of the molecule is Brc1ccccc1.C#CN. The van der Waals surface area contributed by atoms with Gasteiger partial charge in [0.15, 0.2) is 0 Å². The van der Waals surface area contributed by atoms with E-state index in [1.54, 1.807) is 6.04 Å². The molecule has 0 saturated carbocycles. The van der Waals surface area contributed by atoms with Crippen molar-refractivity contribution in [2.24, 2.45) is 5.73 Å². The molecule has 0 fully saturated rings. The van der Waals surface area contributed by atoms with Gasteiger partial charge in [-0.05, 0) is 18.2 Å². The van der Waals surface area contributed by atoms with Crippen molar-refractivity contribution in [3.05, 3.63) is 34.8 Å². The number of nitrogens with two attached hydrogens (primary N) is 1. The van der Waals surface area contributed by atoms with Gasteiger partial charge in [0.2, 0.25) is 0 Å². The van der Waals surface area contributed by atoms with E-state index in [1.807, 2.05) is 30.3 Å². The molecule has 1 rings (SSSR count). The largest absolute Gasteiger partial charge is 0.360 e. The van der Waals surface area contributed by atoms with Crippen LogP contribution in [-0.2, 0) is 0 Å². The van der Waals surface area contributed by atoms with Crippen molar-refractivity contribution < 1.29 is 0 Å². The molecule has 1 aromatic carbocycles. The molecule has 0 aliphatic carbocycles.